The number of hydrogen-bond donors (Lipinski definition) is 1. The largest absolute Gasteiger partial charge is 0.496 e. The van der Waals surface area contributed by atoms with Gasteiger partial charge in [0.25, 0.3) is 0 Å². The monoisotopic (exact) mass is 306 g/mol. The lowest BCUT2D eigenvalue weighted by atomic mass is 10.2. The number of nitrogens with zero attached hydrogens (tertiary/aromatic N) is 1. The lowest BCUT2D eigenvalue weighted by Crippen LogP contribution is -2.33. The summed E-state index contributed by atoms with van der Waals surface area (Å²) >= 11 is 0. The van der Waals surface area contributed by atoms with Crippen LogP contribution in [0.15, 0.2) is 24.3 Å². The molecular formula is C17H26N2O3. The van der Waals surface area contributed by atoms with Crippen molar-refractivity contribution < 1.29 is 14.3 Å². The molecule has 0 aliphatic rings. The Labute approximate surface area is 132 Å². The van der Waals surface area contributed by atoms with E-state index in [-0.39, 0.29) is 11.8 Å². The van der Waals surface area contributed by atoms with Gasteiger partial charge in [-0.1, -0.05) is 31.5 Å². The number of para-hydroxylation sites is 1. The SMILES string of the molecule is CCCCNC(=O)CCN(Cc1ccccc1OC)C(C)=O. The fourth-order valence-corrected chi connectivity index (χ4v) is 2.12. The summed E-state index contributed by atoms with van der Waals surface area (Å²) < 4.78 is 5.30. The van der Waals surface area contributed by atoms with Crippen molar-refractivity contribution >= 4 is 11.8 Å². The first-order valence-corrected chi connectivity index (χ1v) is 7.72. The van der Waals surface area contributed by atoms with Crippen LogP contribution < -0.4 is 10.1 Å². The van der Waals surface area contributed by atoms with E-state index in [1.165, 1.54) is 6.92 Å². The highest BCUT2D eigenvalue weighted by atomic mass is 16.5. The molecule has 0 atom stereocenters. The third-order valence-corrected chi connectivity index (χ3v) is 3.46. The van der Waals surface area contributed by atoms with Crippen molar-refractivity contribution in [2.24, 2.45) is 0 Å². The number of carbonyl (C=O) groups is 2. The summed E-state index contributed by atoms with van der Waals surface area (Å²) in [5, 5.41) is 2.86. The molecule has 1 aromatic rings. The number of hydrogen-bond acceptors (Lipinski definition) is 3. The van der Waals surface area contributed by atoms with Crippen LogP contribution in [-0.2, 0) is 16.1 Å². The normalized spacial score (nSPS) is 10.1. The molecule has 0 saturated carbocycles. The Kier molecular flexibility index (Phi) is 8.04. The van der Waals surface area contributed by atoms with Crippen LogP contribution in [0.5, 0.6) is 5.75 Å². The summed E-state index contributed by atoms with van der Waals surface area (Å²) in [7, 11) is 1.61. The van der Waals surface area contributed by atoms with E-state index >= 15 is 0 Å². The predicted octanol–water partition coefficient (Wildman–Crippen LogP) is 2.35. The summed E-state index contributed by atoms with van der Waals surface area (Å²) in [6.07, 6.45) is 2.34. The number of methoxy groups -OCH3 is 1. The molecule has 0 spiro atoms. The molecule has 5 heteroatoms. The molecule has 1 rings (SSSR count). The van der Waals surface area contributed by atoms with E-state index in [0.29, 0.717) is 26.1 Å². The van der Waals surface area contributed by atoms with Crippen LogP contribution in [0.25, 0.3) is 0 Å². The van der Waals surface area contributed by atoms with Crippen LogP contribution >= 0.6 is 0 Å². The number of carbonyl (C=O) groups excluding carboxylic acids is 2. The zero-order valence-corrected chi connectivity index (χ0v) is 13.7. The second-order valence-electron chi connectivity index (χ2n) is 5.21. The maximum Gasteiger partial charge on any atom is 0.221 e. The van der Waals surface area contributed by atoms with Crippen LogP contribution in [0.1, 0.15) is 38.7 Å². The van der Waals surface area contributed by atoms with Crippen molar-refractivity contribution in [3.05, 3.63) is 29.8 Å². The van der Waals surface area contributed by atoms with Gasteiger partial charge in [0.05, 0.1) is 7.11 Å². The van der Waals surface area contributed by atoms with Crippen LogP contribution in [0.4, 0.5) is 0 Å². The number of amides is 2. The van der Waals surface area contributed by atoms with Crippen molar-refractivity contribution in [1.82, 2.24) is 10.2 Å². The Hall–Kier alpha value is -2.04. The van der Waals surface area contributed by atoms with Gasteiger partial charge >= 0.3 is 0 Å². The van der Waals surface area contributed by atoms with Gasteiger partial charge in [0, 0.05) is 38.5 Å². The number of nitrogens with one attached hydrogen (secondary N) is 1. The maximum atomic E-state index is 11.8. The summed E-state index contributed by atoms with van der Waals surface area (Å²) in [4.78, 5) is 25.2. The molecule has 0 bridgehead atoms. The second kappa shape index (κ2) is 9.82. The summed E-state index contributed by atoms with van der Waals surface area (Å²) in [5.41, 5.74) is 0.937. The predicted molar refractivity (Wildman–Crippen MR) is 86.6 cm³/mol. The first kappa shape index (κ1) is 18.0. The maximum absolute atomic E-state index is 11.8. The first-order valence-electron chi connectivity index (χ1n) is 7.72. The van der Waals surface area contributed by atoms with Gasteiger partial charge in [0.15, 0.2) is 0 Å². The van der Waals surface area contributed by atoms with Gasteiger partial charge in [-0.05, 0) is 12.5 Å². The van der Waals surface area contributed by atoms with Gasteiger partial charge in [0.2, 0.25) is 11.8 Å². The number of rotatable bonds is 9. The van der Waals surface area contributed by atoms with Crippen molar-refractivity contribution in [3.8, 4) is 5.75 Å². The molecule has 0 unspecified atom stereocenters. The third kappa shape index (κ3) is 6.16. The van der Waals surface area contributed by atoms with Gasteiger partial charge in [-0.2, -0.15) is 0 Å². The molecule has 22 heavy (non-hydrogen) atoms. The number of ether oxygens (including phenoxy) is 1. The third-order valence-electron chi connectivity index (χ3n) is 3.46. The summed E-state index contributed by atoms with van der Waals surface area (Å²) in [6, 6.07) is 7.59. The lowest BCUT2D eigenvalue weighted by molar-refractivity contribution is -0.130. The zero-order valence-electron chi connectivity index (χ0n) is 13.7. The highest BCUT2D eigenvalue weighted by Crippen LogP contribution is 2.19. The lowest BCUT2D eigenvalue weighted by Gasteiger charge is -2.22. The van der Waals surface area contributed by atoms with Crippen molar-refractivity contribution in [2.45, 2.75) is 39.7 Å². The molecule has 122 valence electrons. The Morgan fingerprint density at radius 1 is 1.27 bits per heavy atom. The fourth-order valence-electron chi connectivity index (χ4n) is 2.12. The van der Waals surface area contributed by atoms with Gasteiger partial charge in [-0.3, -0.25) is 9.59 Å². The first-order chi connectivity index (χ1) is 10.6. The van der Waals surface area contributed by atoms with Crippen molar-refractivity contribution in [1.29, 1.82) is 0 Å². The molecule has 1 N–H and O–H groups in total. The highest BCUT2D eigenvalue weighted by Gasteiger charge is 2.13. The van der Waals surface area contributed by atoms with Crippen molar-refractivity contribution in [3.63, 3.8) is 0 Å². The Morgan fingerprint density at radius 3 is 2.64 bits per heavy atom. The van der Waals surface area contributed by atoms with Gasteiger partial charge in [0.1, 0.15) is 5.75 Å². The van der Waals surface area contributed by atoms with Gasteiger partial charge < -0.3 is 15.0 Å². The van der Waals surface area contributed by atoms with Crippen molar-refractivity contribution in [2.75, 3.05) is 20.2 Å². The van der Waals surface area contributed by atoms with Crippen LogP contribution in [0, 0.1) is 0 Å². The molecule has 0 aliphatic heterocycles. The smallest absolute Gasteiger partial charge is 0.221 e. The standard InChI is InChI=1S/C17H26N2O3/c1-4-5-11-18-17(21)10-12-19(14(2)20)13-15-8-6-7-9-16(15)22-3/h6-9H,4-5,10-13H2,1-3H3,(H,18,21). The Bertz CT molecular complexity index is 489. The molecule has 2 amide bonds. The van der Waals surface area contributed by atoms with Gasteiger partial charge in [-0.25, -0.2) is 0 Å². The number of benzene rings is 1. The van der Waals surface area contributed by atoms with E-state index < -0.39 is 0 Å². The van der Waals surface area contributed by atoms with E-state index in [1.807, 2.05) is 24.3 Å². The molecule has 0 aromatic heterocycles. The minimum atomic E-state index is -0.0488. The topological polar surface area (TPSA) is 58.6 Å². The molecule has 0 heterocycles. The van der Waals surface area contributed by atoms with E-state index in [1.54, 1.807) is 12.0 Å². The minimum absolute atomic E-state index is 0.0141. The quantitative estimate of drug-likeness (QED) is 0.713. The highest BCUT2D eigenvalue weighted by molar-refractivity contribution is 5.78. The molecule has 0 aliphatic carbocycles. The van der Waals surface area contributed by atoms with E-state index in [4.69, 9.17) is 4.74 Å². The molecule has 0 saturated heterocycles. The molecule has 0 radical (unpaired) electrons. The fraction of sp³-hybridized carbons (Fsp3) is 0.529. The Morgan fingerprint density at radius 2 is 2.00 bits per heavy atom. The van der Waals surface area contributed by atoms with Crippen LogP contribution in [-0.4, -0.2) is 36.9 Å². The van der Waals surface area contributed by atoms with E-state index in [9.17, 15) is 9.59 Å². The van der Waals surface area contributed by atoms with Gasteiger partial charge in [-0.15, -0.1) is 0 Å². The Balaban J connectivity index is 2.55. The van der Waals surface area contributed by atoms with E-state index in [2.05, 4.69) is 12.2 Å². The average molecular weight is 306 g/mol. The second-order valence-corrected chi connectivity index (χ2v) is 5.21. The molecule has 1 aromatic carbocycles. The van der Waals surface area contributed by atoms with E-state index in [0.717, 1.165) is 24.2 Å². The number of unbranched alkanes of at least 4 members (excludes halogenated alkanes) is 1. The minimum Gasteiger partial charge on any atom is -0.496 e. The summed E-state index contributed by atoms with van der Waals surface area (Å²) in [5.74, 6) is 0.688. The molecular weight excluding hydrogens is 280 g/mol. The molecule has 5 nitrogen and oxygen atoms in total. The van der Waals surface area contributed by atoms with Crippen LogP contribution in [0.2, 0.25) is 0 Å². The molecule has 0 fully saturated rings. The zero-order chi connectivity index (χ0) is 16.4. The average Bonchev–Trinajstić information content (AvgIpc) is 2.51. The summed E-state index contributed by atoms with van der Waals surface area (Å²) in [6.45, 7) is 5.15. The van der Waals surface area contributed by atoms with Crippen LogP contribution in [0.3, 0.4) is 0 Å².